The van der Waals surface area contributed by atoms with Gasteiger partial charge in [-0.25, -0.2) is 4.98 Å². The third-order valence-electron chi connectivity index (χ3n) is 6.68. The number of aromatic nitrogens is 1. The molecule has 0 saturated heterocycles. The molecule has 5 rings (SSSR count). The number of hydrogen-bond donors (Lipinski definition) is 1. The van der Waals surface area contributed by atoms with E-state index in [1.54, 1.807) is 21.3 Å². The number of hydrogen-bond acceptors (Lipinski definition) is 5. The van der Waals surface area contributed by atoms with Gasteiger partial charge >= 0.3 is 0 Å². The third kappa shape index (κ3) is 4.19. The van der Waals surface area contributed by atoms with Crippen molar-refractivity contribution < 1.29 is 14.2 Å². The lowest BCUT2D eigenvalue weighted by molar-refractivity contribution is 0.409. The van der Waals surface area contributed by atoms with E-state index in [-0.39, 0.29) is 0 Å². The average molecular weight is 455 g/mol. The predicted molar refractivity (Wildman–Crippen MR) is 136 cm³/mol. The number of aryl methyl sites for hydroxylation is 1. The van der Waals surface area contributed by atoms with Gasteiger partial charge in [-0.3, -0.25) is 0 Å². The van der Waals surface area contributed by atoms with E-state index in [9.17, 15) is 0 Å². The number of rotatable bonds is 7. The number of ether oxygens (including phenoxy) is 3. The summed E-state index contributed by atoms with van der Waals surface area (Å²) >= 11 is 0. The lowest BCUT2D eigenvalue weighted by Crippen LogP contribution is -2.25. The summed E-state index contributed by atoms with van der Waals surface area (Å²) in [5.74, 6) is 2.31. The molecule has 0 spiro atoms. The van der Waals surface area contributed by atoms with Crippen molar-refractivity contribution in [1.29, 1.82) is 0 Å². The summed E-state index contributed by atoms with van der Waals surface area (Å²) in [5.41, 5.74) is 6.66. The fraction of sp³-hybridized carbons (Fsp3) is 0.276. The minimum Gasteiger partial charge on any atom is -0.497 e. The van der Waals surface area contributed by atoms with Crippen molar-refractivity contribution in [2.45, 2.75) is 31.8 Å². The van der Waals surface area contributed by atoms with Crippen LogP contribution >= 0.6 is 0 Å². The van der Waals surface area contributed by atoms with Gasteiger partial charge in [-0.15, -0.1) is 0 Å². The molecule has 3 aromatic carbocycles. The molecular weight excluding hydrogens is 424 g/mol. The van der Waals surface area contributed by atoms with Crippen LogP contribution in [-0.4, -0.2) is 26.3 Å². The Morgan fingerprint density at radius 3 is 2.53 bits per heavy atom. The molecule has 4 aromatic rings. The lowest BCUT2D eigenvalue weighted by Gasteiger charge is -2.27. The quantitative estimate of drug-likeness (QED) is 0.366. The van der Waals surface area contributed by atoms with Gasteiger partial charge in [-0.05, 0) is 66.3 Å². The van der Waals surface area contributed by atoms with Gasteiger partial charge in [0.25, 0.3) is 0 Å². The SMILES string of the molecule is COc1cccc(-c2nc3c(OC)ccc(OC)c3cc2CNC2CCCc3ccccc32)c1. The fourth-order valence-electron chi connectivity index (χ4n) is 4.95. The van der Waals surface area contributed by atoms with Gasteiger partial charge in [0, 0.05) is 23.5 Å². The standard InChI is InChI=1S/C29H30N2O3/c1-32-22-11-6-10-20(16-22)28-21(17-24-26(33-2)14-15-27(34-3)29(24)31-28)18-30-25-13-7-9-19-8-4-5-12-23(19)25/h4-6,8,10-12,14-17,25,30H,7,9,13,18H2,1-3H3. The van der Waals surface area contributed by atoms with Crippen LogP contribution in [0.4, 0.5) is 0 Å². The minimum absolute atomic E-state index is 0.325. The second kappa shape index (κ2) is 9.74. The number of benzene rings is 3. The van der Waals surface area contributed by atoms with Crippen molar-refractivity contribution in [3.63, 3.8) is 0 Å². The number of nitrogens with one attached hydrogen (secondary N) is 1. The molecule has 0 aliphatic heterocycles. The van der Waals surface area contributed by atoms with Crippen LogP contribution < -0.4 is 19.5 Å². The van der Waals surface area contributed by atoms with Gasteiger partial charge in [-0.2, -0.15) is 0 Å². The Labute approximate surface area is 200 Å². The number of methoxy groups -OCH3 is 3. The third-order valence-corrected chi connectivity index (χ3v) is 6.68. The minimum atomic E-state index is 0.325. The molecule has 0 saturated carbocycles. The highest BCUT2D eigenvalue weighted by Gasteiger charge is 2.21. The molecule has 0 amide bonds. The summed E-state index contributed by atoms with van der Waals surface area (Å²) in [6.45, 7) is 0.689. The van der Waals surface area contributed by atoms with Crippen molar-refractivity contribution in [1.82, 2.24) is 10.3 Å². The second-order valence-corrected chi connectivity index (χ2v) is 8.62. The van der Waals surface area contributed by atoms with Crippen molar-refractivity contribution in [2.75, 3.05) is 21.3 Å². The Morgan fingerprint density at radius 1 is 0.882 bits per heavy atom. The van der Waals surface area contributed by atoms with E-state index in [0.717, 1.165) is 57.8 Å². The normalized spacial score (nSPS) is 15.1. The van der Waals surface area contributed by atoms with E-state index in [0.29, 0.717) is 12.6 Å². The summed E-state index contributed by atoms with van der Waals surface area (Å²) in [6.07, 6.45) is 3.47. The largest absolute Gasteiger partial charge is 0.497 e. The lowest BCUT2D eigenvalue weighted by atomic mass is 9.87. The van der Waals surface area contributed by atoms with E-state index >= 15 is 0 Å². The summed E-state index contributed by atoms with van der Waals surface area (Å²) in [5, 5.41) is 4.76. The predicted octanol–water partition coefficient (Wildman–Crippen LogP) is 6.09. The Hall–Kier alpha value is -3.57. The van der Waals surface area contributed by atoms with Crippen LogP contribution in [0.2, 0.25) is 0 Å². The van der Waals surface area contributed by atoms with Gasteiger partial charge in [0.05, 0.1) is 27.0 Å². The van der Waals surface area contributed by atoms with Gasteiger partial charge in [0.1, 0.15) is 22.8 Å². The number of fused-ring (bicyclic) bond motifs is 2. The molecular formula is C29H30N2O3. The van der Waals surface area contributed by atoms with Crippen molar-refractivity contribution in [2.24, 2.45) is 0 Å². The number of nitrogens with zero attached hydrogens (tertiary/aromatic N) is 1. The van der Waals surface area contributed by atoms with Gasteiger partial charge in [0.2, 0.25) is 0 Å². The van der Waals surface area contributed by atoms with Crippen LogP contribution in [0.15, 0.2) is 66.7 Å². The fourth-order valence-corrected chi connectivity index (χ4v) is 4.95. The van der Waals surface area contributed by atoms with Gasteiger partial charge in [-0.1, -0.05) is 36.4 Å². The monoisotopic (exact) mass is 454 g/mol. The highest BCUT2D eigenvalue weighted by molar-refractivity contribution is 5.93. The zero-order valence-electron chi connectivity index (χ0n) is 19.9. The Balaban J connectivity index is 1.60. The molecule has 5 heteroatoms. The Morgan fingerprint density at radius 2 is 1.71 bits per heavy atom. The first-order valence-electron chi connectivity index (χ1n) is 11.7. The van der Waals surface area contributed by atoms with Crippen LogP contribution in [-0.2, 0) is 13.0 Å². The summed E-state index contributed by atoms with van der Waals surface area (Å²) < 4.78 is 16.8. The molecule has 1 aliphatic rings. The van der Waals surface area contributed by atoms with E-state index in [1.165, 1.54) is 17.5 Å². The highest BCUT2D eigenvalue weighted by atomic mass is 16.5. The topological polar surface area (TPSA) is 52.6 Å². The van der Waals surface area contributed by atoms with Crippen molar-refractivity contribution in [3.8, 4) is 28.5 Å². The molecule has 34 heavy (non-hydrogen) atoms. The van der Waals surface area contributed by atoms with Crippen LogP contribution in [0.5, 0.6) is 17.2 Å². The highest BCUT2D eigenvalue weighted by Crippen LogP contribution is 2.37. The smallest absolute Gasteiger partial charge is 0.145 e. The first-order chi connectivity index (χ1) is 16.7. The average Bonchev–Trinajstić information content (AvgIpc) is 2.90. The Bertz CT molecular complexity index is 1320. The van der Waals surface area contributed by atoms with Crippen molar-refractivity contribution in [3.05, 3.63) is 83.4 Å². The van der Waals surface area contributed by atoms with E-state index in [4.69, 9.17) is 19.2 Å². The molecule has 0 fully saturated rings. The molecule has 1 unspecified atom stereocenters. The molecule has 1 N–H and O–H groups in total. The first-order valence-corrected chi connectivity index (χ1v) is 11.7. The summed E-state index contributed by atoms with van der Waals surface area (Å²) in [6, 6.07) is 23.2. The van der Waals surface area contributed by atoms with Gasteiger partial charge < -0.3 is 19.5 Å². The number of pyridine rings is 1. The van der Waals surface area contributed by atoms with Crippen LogP contribution in [0, 0.1) is 0 Å². The molecule has 5 nitrogen and oxygen atoms in total. The molecule has 1 heterocycles. The maximum absolute atomic E-state index is 5.67. The maximum Gasteiger partial charge on any atom is 0.145 e. The van der Waals surface area contributed by atoms with Crippen LogP contribution in [0.1, 0.15) is 35.6 Å². The molecule has 1 aromatic heterocycles. The zero-order valence-corrected chi connectivity index (χ0v) is 19.9. The van der Waals surface area contributed by atoms with Gasteiger partial charge in [0.15, 0.2) is 0 Å². The van der Waals surface area contributed by atoms with Crippen LogP contribution in [0.3, 0.4) is 0 Å². The van der Waals surface area contributed by atoms with Crippen LogP contribution in [0.25, 0.3) is 22.2 Å². The molecule has 1 aliphatic carbocycles. The molecule has 174 valence electrons. The summed E-state index contributed by atoms with van der Waals surface area (Å²) in [7, 11) is 5.04. The summed E-state index contributed by atoms with van der Waals surface area (Å²) in [4.78, 5) is 5.11. The maximum atomic E-state index is 5.67. The van der Waals surface area contributed by atoms with E-state index < -0.39 is 0 Å². The molecule has 0 radical (unpaired) electrons. The van der Waals surface area contributed by atoms with E-state index in [1.807, 2.05) is 30.3 Å². The zero-order chi connectivity index (χ0) is 23.5. The molecule has 1 atom stereocenters. The van der Waals surface area contributed by atoms with E-state index in [2.05, 4.69) is 41.7 Å². The first kappa shape index (κ1) is 22.2. The second-order valence-electron chi connectivity index (χ2n) is 8.62. The Kier molecular flexibility index (Phi) is 6.37. The van der Waals surface area contributed by atoms with Crippen molar-refractivity contribution >= 4 is 10.9 Å². The molecule has 0 bridgehead atoms.